The van der Waals surface area contributed by atoms with Crippen molar-refractivity contribution in [3.63, 3.8) is 0 Å². The first-order valence-corrected chi connectivity index (χ1v) is 5.83. The largest absolute Gasteiger partial charge is 0.478 e. The van der Waals surface area contributed by atoms with Crippen LogP contribution in [0.25, 0.3) is 0 Å². The molecule has 0 unspecified atom stereocenters. The third-order valence-electron chi connectivity index (χ3n) is 3.33. The Bertz CT molecular complexity index is 583. The Kier molecular flexibility index (Phi) is 3.19. The monoisotopic (exact) mass is 245 g/mol. The molecule has 94 valence electrons. The molecule has 0 saturated carbocycles. The van der Waals surface area contributed by atoms with Crippen LogP contribution in [0, 0.1) is 13.8 Å². The maximum Gasteiger partial charge on any atom is 0.335 e. The van der Waals surface area contributed by atoms with Crippen molar-refractivity contribution in [2.24, 2.45) is 7.05 Å². The number of nitrogens with zero attached hydrogens (tertiary/aromatic N) is 2. The number of hydrogen-bond acceptors (Lipinski definition) is 1. The van der Waals surface area contributed by atoms with Gasteiger partial charge < -0.3 is 5.11 Å². The van der Waals surface area contributed by atoms with Crippen molar-refractivity contribution in [1.82, 2.24) is 4.57 Å². The first-order valence-electron chi connectivity index (χ1n) is 5.83. The molecule has 0 aliphatic carbocycles. The van der Waals surface area contributed by atoms with Gasteiger partial charge in [-0.05, 0) is 17.7 Å². The number of hydrogen-bond donors (Lipinski definition) is 1. The molecule has 4 nitrogen and oxygen atoms in total. The maximum absolute atomic E-state index is 10.8. The van der Waals surface area contributed by atoms with Crippen LogP contribution in [0.5, 0.6) is 0 Å². The lowest BCUT2D eigenvalue weighted by Gasteiger charge is -2.01. The molecule has 0 amide bonds. The van der Waals surface area contributed by atoms with E-state index in [0.29, 0.717) is 5.56 Å². The summed E-state index contributed by atoms with van der Waals surface area (Å²) in [7, 11) is 2.04. The summed E-state index contributed by atoms with van der Waals surface area (Å²) in [6.07, 6.45) is 2.10. The summed E-state index contributed by atoms with van der Waals surface area (Å²) in [4.78, 5) is 10.8. The quantitative estimate of drug-likeness (QED) is 0.836. The zero-order valence-electron chi connectivity index (χ0n) is 10.8. The van der Waals surface area contributed by atoms with Crippen molar-refractivity contribution in [3.05, 3.63) is 53.1 Å². The van der Waals surface area contributed by atoms with E-state index in [-0.39, 0.29) is 0 Å². The second-order valence-electron chi connectivity index (χ2n) is 4.51. The van der Waals surface area contributed by atoms with Crippen LogP contribution >= 0.6 is 0 Å². The molecular formula is C14H17N2O2+. The number of rotatable bonds is 3. The highest BCUT2D eigenvalue weighted by Gasteiger charge is 2.13. The minimum Gasteiger partial charge on any atom is -0.478 e. The lowest BCUT2D eigenvalue weighted by atomic mass is 10.1. The summed E-state index contributed by atoms with van der Waals surface area (Å²) in [5.74, 6) is 0.288. The van der Waals surface area contributed by atoms with Crippen LogP contribution in [0.1, 0.15) is 27.4 Å². The highest BCUT2D eigenvalue weighted by molar-refractivity contribution is 5.87. The Balaban J connectivity index is 2.23. The van der Waals surface area contributed by atoms with Crippen LogP contribution < -0.4 is 4.57 Å². The molecule has 0 aliphatic rings. The second kappa shape index (κ2) is 4.64. The van der Waals surface area contributed by atoms with Crippen LogP contribution in [-0.2, 0) is 13.6 Å². The van der Waals surface area contributed by atoms with Gasteiger partial charge in [0.1, 0.15) is 18.4 Å². The number of aromatic nitrogens is 2. The number of aromatic carboxylic acids is 1. The molecule has 1 heterocycles. The molecule has 0 atom stereocenters. The van der Waals surface area contributed by atoms with Crippen LogP contribution in [0.4, 0.5) is 0 Å². The Hall–Kier alpha value is -2.10. The summed E-state index contributed by atoms with van der Waals surface area (Å²) in [6, 6.07) is 7.00. The molecule has 0 bridgehead atoms. The van der Waals surface area contributed by atoms with Crippen molar-refractivity contribution < 1.29 is 14.5 Å². The van der Waals surface area contributed by atoms with Crippen LogP contribution in [0.2, 0.25) is 0 Å². The molecule has 0 fully saturated rings. The van der Waals surface area contributed by atoms with Crippen molar-refractivity contribution in [2.45, 2.75) is 20.4 Å². The standard InChI is InChI=1S/C14H16N2O2/c1-10-8-16(11(2)15(10)3)9-12-4-6-13(7-5-12)14(17)18/h4-8H,9H2,1-3H3/p+1. The van der Waals surface area contributed by atoms with E-state index in [1.165, 1.54) is 11.5 Å². The zero-order chi connectivity index (χ0) is 13.3. The van der Waals surface area contributed by atoms with E-state index in [4.69, 9.17) is 5.11 Å². The fourth-order valence-electron chi connectivity index (χ4n) is 1.96. The van der Waals surface area contributed by atoms with Gasteiger partial charge in [-0.3, -0.25) is 0 Å². The average molecular weight is 245 g/mol. The van der Waals surface area contributed by atoms with E-state index in [9.17, 15) is 4.79 Å². The van der Waals surface area contributed by atoms with E-state index in [1.54, 1.807) is 12.1 Å². The molecule has 1 aromatic carbocycles. The molecule has 0 aliphatic heterocycles. The highest BCUT2D eigenvalue weighted by Crippen LogP contribution is 2.06. The van der Waals surface area contributed by atoms with Crippen LogP contribution in [-0.4, -0.2) is 15.6 Å². The molecule has 0 radical (unpaired) electrons. The van der Waals surface area contributed by atoms with Gasteiger partial charge in [0.2, 0.25) is 0 Å². The SMILES string of the molecule is Cc1c[n+](Cc2ccc(C(=O)O)cc2)c(C)n1C. The number of imidazole rings is 1. The first-order chi connectivity index (χ1) is 8.49. The van der Waals surface area contributed by atoms with E-state index >= 15 is 0 Å². The molecule has 4 heteroatoms. The summed E-state index contributed by atoms with van der Waals surface area (Å²) in [6.45, 7) is 4.89. The smallest absolute Gasteiger partial charge is 0.335 e. The molecular weight excluding hydrogens is 228 g/mol. The van der Waals surface area contributed by atoms with Gasteiger partial charge in [0.15, 0.2) is 0 Å². The molecule has 2 aromatic rings. The van der Waals surface area contributed by atoms with Gasteiger partial charge in [0.05, 0.1) is 12.6 Å². The van der Waals surface area contributed by atoms with E-state index in [2.05, 4.69) is 29.2 Å². The minimum absolute atomic E-state index is 0.324. The lowest BCUT2D eigenvalue weighted by molar-refractivity contribution is -0.694. The van der Waals surface area contributed by atoms with Gasteiger partial charge >= 0.3 is 5.97 Å². The first kappa shape index (κ1) is 12.4. The van der Waals surface area contributed by atoms with Gasteiger partial charge in [-0.1, -0.05) is 12.1 Å². The Morgan fingerprint density at radius 3 is 2.33 bits per heavy atom. The van der Waals surface area contributed by atoms with Crippen molar-refractivity contribution in [2.75, 3.05) is 0 Å². The van der Waals surface area contributed by atoms with Gasteiger partial charge in [-0.15, -0.1) is 0 Å². The van der Waals surface area contributed by atoms with Crippen molar-refractivity contribution in [1.29, 1.82) is 0 Å². The number of carboxylic acids is 1. The van der Waals surface area contributed by atoms with E-state index in [1.807, 2.05) is 19.2 Å². The molecule has 1 N–H and O–H groups in total. The van der Waals surface area contributed by atoms with Gasteiger partial charge in [-0.25, -0.2) is 13.9 Å². The fourth-order valence-corrected chi connectivity index (χ4v) is 1.96. The number of carbonyl (C=O) groups is 1. The Morgan fingerprint density at radius 1 is 1.28 bits per heavy atom. The zero-order valence-corrected chi connectivity index (χ0v) is 10.8. The lowest BCUT2D eigenvalue weighted by Crippen LogP contribution is -2.35. The third kappa shape index (κ3) is 2.27. The van der Waals surface area contributed by atoms with Gasteiger partial charge in [0, 0.05) is 13.8 Å². The molecule has 0 saturated heterocycles. The third-order valence-corrected chi connectivity index (χ3v) is 3.33. The average Bonchev–Trinajstić information content (AvgIpc) is 2.58. The molecule has 2 rings (SSSR count). The topological polar surface area (TPSA) is 46.1 Å². The molecule has 18 heavy (non-hydrogen) atoms. The number of carboxylic acid groups (broad SMARTS) is 1. The summed E-state index contributed by atoms with van der Waals surface area (Å²) < 4.78 is 4.29. The minimum atomic E-state index is -0.888. The summed E-state index contributed by atoms with van der Waals surface area (Å²) in [5, 5.41) is 8.84. The van der Waals surface area contributed by atoms with E-state index < -0.39 is 5.97 Å². The maximum atomic E-state index is 10.8. The number of benzene rings is 1. The van der Waals surface area contributed by atoms with Gasteiger partial charge in [0.25, 0.3) is 5.82 Å². The number of aryl methyl sites for hydroxylation is 1. The van der Waals surface area contributed by atoms with Crippen molar-refractivity contribution in [3.8, 4) is 0 Å². The van der Waals surface area contributed by atoms with Crippen LogP contribution in [0.3, 0.4) is 0 Å². The highest BCUT2D eigenvalue weighted by atomic mass is 16.4. The van der Waals surface area contributed by atoms with Crippen LogP contribution in [0.15, 0.2) is 30.5 Å². The van der Waals surface area contributed by atoms with E-state index in [0.717, 1.165) is 12.1 Å². The summed E-state index contributed by atoms with van der Waals surface area (Å²) in [5.41, 5.74) is 2.62. The Labute approximate surface area is 106 Å². The molecule has 1 aromatic heterocycles. The fraction of sp³-hybridized carbons (Fsp3) is 0.286. The predicted molar refractivity (Wildman–Crippen MR) is 67.6 cm³/mol. The normalized spacial score (nSPS) is 10.6. The summed E-state index contributed by atoms with van der Waals surface area (Å²) >= 11 is 0. The van der Waals surface area contributed by atoms with Crippen molar-refractivity contribution >= 4 is 5.97 Å². The molecule has 0 spiro atoms. The second-order valence-corrected chi connectivity index (χ2v) is 4.51. The predicted octanol–water partition coefficient (Wildman–Crippen LogP) is 1.68. The Morgan fingerprint density at radius 2 is 1.89 bits per heavy atom. The van der Waals surface area contributed by atoms with Gasteiger partial charge in [-0.2, -0.15) is 0 Å².